The first-order valence-corrected chi connectivity index (χ1v) is 9.86. The fourth-order valence-corrected chi connectivity index (χ4v) is 3.79. The molecule has 2 amide bonds. The van der Waals surface area contributed by atoms with E-state index in [4.69, 9.17) is 24.4 Å². The number of anilines is 2. The van der Waals surface area contributed by atoms with E-state index in [1.807, 2.05) is 12.1 Å². The third-order valence-corrected chi connectivity index (χ3v) is 5.49. The predicted octanol–water partition coefficient (Wildman–Crippen LogP) is 3.25. The van der Waals surface area contributed by atoms with Gasteiger partial charge in [-0.25, -0.2) is 4.09 Å². The molecule has 1 fully saturated rings. The van der Waals surface area contributed by atoms with Crippen LogP contribution in [0.2, 0.25) is 0 Å². The zero-order chi connectivity index (χ0) is 20.5. The van der Waals surface area contributed by atoms with Crippen LogP contribution in [0.5, 0.6) is 0 Å². The van der Waals surface area contributed by atoms with E-state index < -0.39 is 0 Å². The van der Waals surface area contributed by atoms with E-state index >= 15 is 0 Å². The maximum atomic E-state index is 12.5. The van der Waals surface area contributed by atoms with E-state index in [1.165, 1.54) is 4.09 Å². The van der Waals surface area contributed by atoms with Gasteiger partial charge in [0.15, 0.2) is 4.77 Å². The van der Waals surface area contributed by atoms with Gasteiger partial charge in [0.1, 0.15) is 0 Å². The number of aromatic amines is 1. The summed E-state index contributed by atoms with van der Waals surface area (Å²) in [5.74, 6) is -0.242. The molecule has 0 radical (unpaired) electrons. The van der Waals surface area contributed by atoms with Crippen molar-refractivity contribution in [3.8, 4) is 5.69 Å². The summed E-state index contributed by atoms with van der Waals surface area (Å²) in [6.07, 6.45) is 0.465. The lowest BCUT2D eigenvalue weighted by Crippen LogP contribution is -2.32. The number of carbonyl (C=O) groups excluding carboxylic acids is 2. The molecule has 1 aliphatic heterocycles. The second-order valence-electron chi connectivity index (χ2n) is 6.33. The van der Waals surface area contributed by atoms with Gasteiger partial charge >= 0.3 is 0 Å². The molecule has 1 aromatic heterocycles. The number of H-pyrrole nitrogens is 1. The Morgan fingerprint density at radius 2 is 1.69 bits per heavy atom. The van der Waals surface area contributed by atoms with Crippen molar-refractivity contribution in [3.63, 3.8) is 0 Å². The molecule has 0 saturated carbocycles. The number of carbonyl (C=O) groups is 2. The largest absolute Gasteiger partial charge is 0.322 e. The van der Waals surface area contributed by atoms with Crippen LogP contribution < -0.4 is 15.8 Å². The molecular formula is C18H16N6O2S3. The molecule has 2 aromatic carbocycles. The van der Waals surface area contributed by atoms with Crippen LogP contribution in [-0.4, -0.2) is 32.1 Å². The summed E-state index contributed by atoms with van der Waals surface area (Å²) in [4.78, 5) is 23.8. The van der Waals surface area contributed by atoms with E-state index in [0.717, 1.165) is 11.4 Å². The number of nitrogens with one attached hydrogen (secondary N) is 3. The van der Waals surface area contributed by atoms with Gasteiger partial charge in [-0.15, -0.1) is 0 Å². The maximum absolute atomic E-state index is 12.5. The third kappa shape index (κ3) is 3.97. The van der Waals surface area contributed by atoms with Crippen molar-refractivity contribution >= 4 is 60.4 Å². The molecule has 0 unspecified atom stereocenters. The van der Waals surface area contributed by atoms with Crippen molar-refractivity contribution in [2.24, 2.45) is 0 Å². The van der Waals surface area contributed by atoms with Gasteiger partial charge in [0, 0.05) is 24.2 Å². The number of benzene rings is 2. The average Bonchev–Trinajstić information content (AvgIpc) is 3.25. The van der Waals surface area contributed by atoms with Gasteiger partial charge in [-0.1, -0.05) is 0 Å². The summed E-state index contributed by atoms with van der Waals surface area (Å²) < 4.78 is 3.88. The lowest BCUT2D eigenvalue weighted by atomic mass is 10.2. The first-order valence-electron chi connectivity index (χ1n) is 8.64. The van der Waals surface area contributed by atoms with Crippen LogP contribution in [0.25, 0.3) is 5.69 Å². The minimum absolute atomic E-state index is 0.0106. The Labute approximate surface area is 181 Å². The van der Waals surface area contributed by atoms with Crippen LogP contribution >= 0.6 is 37.3 Å². The highest BCUT2D eigenvalue weighted by molar-refractivity contribution is 7.79. The Morgan fingerprint density at radius 1 is 1.03 bits per heavy atom. The maximum Gasteiger partial charge on any atom is 0.255 e. The average molecular weight is 445 g/mol. The van der Waals surface area contributed by atoms with Crippen molar-refractivity contribution < 1.29 is 9.59 Å². The second-order valence-corrected chi connectivity index (χ2v) is 7.48. The predicted molar refractivity (Wildman–Crippen MR) is 119 cm³/mol. The Morgan fingerprint density at radius 3 is 2.24 bits per heavy atom. The van der Waals surface area contributed by atoms with E-state index in [9.17, 15) is 9.59 Å². The van der Waals surface area contributed by atoms with Gasteiger partial charge in [-0.05, 0) is 85.8 Å². The number of amides is 2. The van der Waals surface area contributed by atoms with Crippen molar-refractivity contribution in [1.82, 2.24) is 19.2 Å². The first kappa shape index (κ1) is 19.4. The molecule has 1 saturated heterocycles. The molecule has 4 rings (SSSR count). The van der Waals surface area contributed by atoms with Gasteiger partial charge in [-0.3, -0.25) is 29.7 Å². The molecule has 0 bridgehead atoms. The van der Waals surface area contributed by atoms with Crippen LogP contribution in [0.15, 0.2) is 48.5 Å². The second kappa shape index (κ2) is 7.85. The zero-order valence-electron chi connectivity index (χ0n) is 15.0. The number of thiol groups is 1. The van der Waals surface area contributed by atoms with Crippen LogP contribution in [0.1, 0.15) is 16.8 Å². The molecule has 3 aromatic rings. The highest BCUT2D eigenvalue weighted by Gasteiger charge is 2.18. The Kier molecular flexibility index (Phi) is 5.26. The van der Waals surface area contributed by atoms with Crippen LogP contribution in [0, 0.1) is 9.54 Å². The van der Waals surface area contributed by atoms with Gasteiger partial charge < -0.3 is 5.32 Å². The summed E-state index contributed by atoms with van der Waals surface area (Å²) >= 11 is 14.7. The summed E-state index contributed by atoms with van der Waals surface area (Å²) in [7, 11) is 0. The molecule has 148 valence electrons. The van der Waals surface area contributed by atoms with E-state index in [2.05, 4.69) is 28.7 Å². The fraction of sp³-hybridized carbons (Fsp3) is 0.111. The number of hydrogen-bond acceptors (Lipinski definition) is 6. The van der Waals surface area contributed by atoms with Gasteiger partial charge in [0.05, 0.1) is 11.4 Å². The topological polar surface area (TPSA) is 87.1 Å². The lowest BCUT2D eigenvalue weighted by Gasteiger charge is -2.17. The van der Waals surface area contributed by atoms with Crippen molar-refractivity contribution in [3.05, 3.63) is 63.6 Å². The minimum atomic E-state index is -0.231. The first-order chi connectivity index (χ1) is 13.9. The standard InChI is InChI=1S/C18H16N6O2S3/c25-15-9-10-22(20-15)13-5-1-11(2-6-13)16(26)19-12-3-7-14(8-4-12)23-17(27)21-24(29)18(23)28/h1-8,29H,9-10H2,(H,19,26)(H,20,25)(H,21,27). The number of hydrazine groups is 1. The normalized spacial score (nSPS) is 13.4. The third-order valence-electron chi connectivity index (χ3n) is 4.42. The quantitative estimate of drug-likeness (QED) is 0.367. The zero-order valence-corrected chi connectivity index (χ0v) is 17.5. The minimum Gasteiger partial charge on any atom is -0.322 e. The number of rotatable bonds is 4. The monoisotopic (exact) mass is 444 g/mol. The Hall–Kier alpha value is -2.89. The van der Waals surface area contributed by atoms with Crippen molar-refractivity contribution in [2.45, 2.75) is 6.42 Å². The SMILES string of the molecule is O=C1CCN(c2ccc(C(=O)Nc3ccc(-n4c(=S)[nH]n(S)c4=S)cc3)cc2)N1. The number of aromatic nitrogens is 3. The van der Waals surface area contributed by atoms with Gasteiger partial charge in [-0.2, -0.15) is 0 Å². The summed E-state index contributed by atoms with van der Waals surface area (Å²) in [5, 5.41) is 7.44. The van der Waals surface area contributed by atoms with Crippen LogP contribution in [0.4, 0.5) is 11.4 Å². The van der Waals surface area contributed by atoms with E-state index in [0.29, 0.717) is 33.8 Å². The lowest BCUT2D eigenvalue weighted by molar-refractivity contribution is -0.119. The smallest absolute Gasteiger partial charge is 0.255 e. The summed E-state index contributed by atoms with van der Waals surface area (Å²) in [6, 6.07) is 14.2. The highest BCUT2D eigenvalue weighted by atomic mass is 32.1. The number of hydrogen-bond donors (Lipinski definition) is 4. The van der Waals surface area contributed by atoms with Crippen molar-refractivity contribution in [2.75, 3.05) is 16.9 Å². The molecule has 29 heavy (non-hydrogen) atoms. The molecule has 2 heterocycles. The molecule has 0 aliphatic carbocycles. The molecule has 8 nitrogen and oxygen atoms in total. The van der Waals surface area contributed by atoms with Gasteiger partial charge in [0.25, 0.3) is 5.91 Å². The molecule has 0 atom stereocenters. The van der Waals surface area contributed by atoms with Crippen LogP contribution in [0.3, 0.4) is 0 Å². The molecular weight excluding hydrogens is 428 g/mol. The highest BCUT2D eigenvalue weighted by Crippen LogP contribution is 2.19. The number of nitrogens with zero attached hydrogens (tertiary/aromatic N) is 3. The molecule has 0 spiro atoms. The van der Waals surface area contributed by atoms with Crippen LogP contribution in [-0.2, 0) is 4.79 Å². The fourth-order valence-electron chi connectivity index (χ4n) is 2.96. The van der Waals surface area contributed by atoms with E-state index in [1.54, 1.807) is 46.0 Å². The molecule has 1 aliphatic rings. The molecule has 3 N–H and O–H groups in total. The van der Waals surface area contributed by atoms with Gasteiger partial charge in [0.2, 0.25) is 10.7 Å². The van der Waals surface area contributed by atoms with Crippen molar-refractivity contribution in [1.29, 1.82) is 0 Å². The summed E-state index contributed by atoms with van der Waals surface area (Å²) in [5.41, 5.74) is 5.51. The molecule has 11 heteroatoms. The van der Waals surface area contributed by atoms with E-state index in [-0.39, 0.29) is 11.8 Å². The summed E-state index contributed by atoms with van der Waals surface area (Å²) in [6.45, 7) is 0.612. The Bertz CT molecular complexity index is 1190. The Balaban J connectivity index is 1.46.